The van der Waals surface area contributed by atoms with E-state index in [1.807, 2.05) is 24.3 Å². The maximum atomic E-state index is 9.56. The predicted molar refractivity (Wildman–Crippen MR) is 51.6 cm³/mol. The quantitative estimate of drug-likeness (QED) is 0.730. The minimum absolute atomic E-state index is 0.462. The molecular weight excluding hydrogens is 166 g/mol. The monoisotopic (exact) mass is 181 g/mol. The first-order chi connectivity index (χ1) is 6.27. The van der Waals surface area contributed by atoms with Gasteiger partial charge in [-0.1, -0.05) is 12.1 Å². The van der Waals surface area contributed by atoms with Crippen molar-refractivity contribution in [3.8, 4) is 5.75 Å². The van der Waals surface area contributed by atoms with Crippen LogP contribution in [-0.2, 0) is 0 Å². The Bertz CT molecular complexity index is 246. The summed E-state index contributed by atoms with van der Waals surface area (Å²) in [4.78, 5) is 0. The van der Waals surface area contributed by atoms with Crippen molar-refractivity contribution in [2.75, 3.05) is 13.7 Å². The standard InChI is InChI=1S/C10H15NO2/c1-13-9-4-2-8(3-5-9)10(12)6-7-11/h2-5,10,12H,6-7,11H2,1H3/t10-/m0/s1. The van der Waals surface area contributed by atoms with E-state index in [-0.39, 0.29) is 0 Å². The van der Waals surface area contributed by atoms with E-state index < -0.39 is 6.10 Å². The lowest BCUT2D eigenvalue weighted by Crippen LogP contribution is -2.06. The van der Waals surface area contributed by atoms with Gasteiger partial charge in [0.05, 0.1) is 13.2 Å². The lowest BCUT2D eigenvalue weighted by molar-refractivity contribution is 0.170. The molecule has 0 heterocycles. The molecule has 0 aliphatic heterocycles. The molecule has 3 N–H and O–H groups in total. The van der Waals surface area contributed by atoms with Gasteiger partial charge in [-0.25, -0.2) is 0 Å². The van der Waals surface area contributed by atoms with Crippen LogP contribution >= 0.6 is 0 Å². The van der Waals surface area contributed by atoms with Crippen LogP contribution in [0, 0.1) is 0 Å². The lowest BCUT2D eigenvalue weighted by atomic mass is 10.1. The summed E-state index contributed by atoms with van der Waals surface area (Å²) in [5, 5.41) is 9.56. The van der Waals surface area contributed by atoms with Crippen LogP contribution in [0.25, 0.3) is 0 Å². The molecule has 0 fully saturated rings. The van der Waals surface area contributed by atoms with E-state index in [2.05, 4.69) is 0 Å². The van der Waals surface area contributed by atoms with E-state index in [0.717, 1.165) is 11.3 Å². The molecule has 0 spiro atoms. The highest BCUT2D eigenvalue weighted by molar-refractivity contribution is 5.28. The third-order valence-corrected chi connectivity index (χ3v) is 1.94. The van der Waals surface area contributed by atoms with Gasteiger partial charge in [0.15, 0.2) is 0 Å². The molecule has 1 rings (SSSR count). The average Bonchev–Trinajstić information content (AvgIpc) is 2.18. The largest absolute Gasteiger partial charge is 0.497 e. The van der Waals surface area contributed by atoms with Crippen molar-refractivity contribution < 1.29 is 9.84 Å². The van der Waals surface area contributed by atoms with Gasteiger partial charge in [-0.05, 0) is 30.7 Å². The van der Waals surface area contributed by atoms with Crippen LogP contribution in [0.4, 0.5) is 0 Å². The number of aliphatic hydroxyl groups excluding tert-OH is 1. The van der Waals surface area contributed by atoms with Crippen molar-refractivity contribution in [2.24, 2.45) is 5.73 Å². The molecule has 3 heteroatoms. The van der Waals surface area contributed by atoms with Gasteiger partial charge in [0.25, 0.3) is 0 Å². The summed E-state index contributed by atoms with van der Waals surface area (Å²) in [6, 6.07) is 7.35. The second kappa shape index (κ2) is 4.84. The molecule has 0 amide bonds. The predicted octanol–water partition coefficient (Wildman–Crippen LogP) is 1.08. The molecule has 0 radical (unpaired) electrons. The molecule has 0 unspecified atom stereocenters. The Labute approximate surface area is 78.1 Å². The Morgan fingerprint density at radius 3 is 2.46 bits per heavy atom. The lowest BCUT2D eigenvalue weighted by Gasteiger charge is -2.09. The van der Waals surface area contributed by atoms with Gasteiger partial charge in [0, 0.05) is 0 Å². The maximum Gasteiger partial charge on any atom is 0.118 e. The Morgan fingerprint density at radius 2 is 2.00 bits per heavy atom. The van der Waals surface area contributed by atoms with Crippen LogP contribution in [0.5, 0.6) is 5.75 Å². The van der Waals surface area contributed by atoms with E-state index >= 15 is 0 Å². The summed E-state index contributed by atoms with van der Waals surface area (Å²) in [5.74, 6) is 0.795. The maximum absolute atomic E-state index is 9.56. The minimum Gasteiger partial charge on any atom is -0.497 e. The van der Waals surface area contributed by atoms with E-state index in [4.69, 9.17) is 10.5 Å². The molecule has 0 saturated carbocycles. The number of benzene rings is 1. The summed E-state index contributed by atoms with van der Waals surface area (Å²) >= 11 is 0. The minimum atomic E-state index is -0.462. The summed E-state index contributed by atoms with van der Waals surface area (Å²) < 4.78 is 5.00. The molecular formula is C10H15NO2. The topological polar surface area (TPSA) is 55.5 Å². The fraction of sp³-hybridized carbons (Fsp3) is 0.400. The van der Waals surface area contributed by atoms with Crippen LogP contribution in [0.3, 0.4) is 0 Å². The molecule has 0 bridgehead atoms. The first-order valence-corrected chi connectivity index (χ1v) is 4.30. The fourth-order valence-corrected chi connectivity index (χ4v) is 1.15. The highest BCUT2D eigenvalue weighted by Gasteiger charge is 2.05. The zero-order valence-corrected chi connectivity index (χ0v) is 7.73. The van der Waals surface area contributed by atoms with Gasteiger partial charge in [-0.2, -0.15) is 0 Å². The second-order valence-corrected chi connectivity index (χ2v) is 2.87. The van der Waals surface area contributed by atoms with E-state index in [1.54, 1.807) is 7.11 Å². The molecule has 1 aromatic carbocycles. The number of rotatable bonds is 4. The molecule has 0 saturated heterocycles. The van der Waals surface area contributed by atoms with Gasteiger partial charge in [0.2, 0.25) is 0 Å². The molecule has 1 aromatic rings. The smallest absolute Gasteiger partial charge is 0.118 e. The highest BCUT2D eigenvalue weighted by Crippen LogP contribution is 2.19. The molecule has 1 atom stereocenters. The first-order valence-electron chi connectivity index (χ1n) is 4.30. The van der Waals surface area contributed by atoms with Crippen molar-refractivity contribution >= 4 is 0 Å². The number of ether oxygens (including phenoxy) is 1. The van der Waals surface area contributed by atoms with Gasteiger partial charge < -0.3 is 15.6 Å². The summed E-state index contributed by atoms with van der Waals surface area (Å²) in [5.41, 5.74) is 6.22. The Kier molecular flexibility index (Phi) is 3.73. The number of nitrogens with two attached hydrogens (primary N) is 1. The van der Waals surface area contributed by atoms with E-state index in [0.29, 0.717) is 13.0 Å². The van der Waals surface area contributed by atoms with Crippen LogP contribution in [0.15, 0.2) is 24.3 Å². The third kappa shape index (κ3) is 2.72. The second-order valence-electron chi connectivity index (χ2n) is 2.87. The van der Waals surface area contributed by atoms with Crippen molar-refractivity contribution in [1.82, 2.24) is 0 Å². The third-order valence-electron chi connectivity index (χ3n) is 1.94. The summed E-state index contributed by atoms with van der Waals surface area (Å²) in [7, 11) is 1.62. The number of hydrogen-bond donors (Lipinski definition) is 2. The zero-order valence-electron chi connectivity index (χ0n) is 7.73. The summed E-state index contributed by atoms with van der Waals surface area (Å²) in [6.45, 7) is 0.493. The molecule has 0 aliphatic carbocycles. The van der Waals surface area contributed by atoms with Gasteiger partial charge in [-0.15, -0.1) is 0 Å². The first kappa shape index (κ1) is 10.0. The number of aliphatic hydroxyl groups is 1. The Hall–Kier alpha value is -1.06. The van der Waals surface area contributed by atoms with Crippen LogP contribution < -0.4 is 10.5 Å². The number of methoxy groups -OCH3 is 1. The van der Waals surface area contributed by atoms with Crippen LogP contribution in [-0.4, -0.2) is 18.8 Å². The van der Waals surface area contributed by atoms with Crippen molar-refractivity contribution in [3.63, 3.8) is 0 Å². The van der Waals surface area contributed by atoms with Crippen molar-refractivity contribution in [3.05, 3.63) is 29.8 Å². The fourth-order valence-electron chi connectivity index (χ4n) is 1.15. The van der Waals surface area contributed by atoms with Gasteiger partial charge in [0.1, 0.15) is 5.75 Å². The molecule has 72 valence electrons. The molecule has 3 nitrogen and oxygen atoms in total. The Balaban J connectivity index is 2.67. The SMILES string of the molecule is COc1ccc([C@@H](O)CCN)cc1. The van der Waals surface area contributed by atoms with Gasteiger partial charge in [-0.3, -0.25) is 0 Å². The highest BCUT2D eigenvalue weighted by atomic mass is 16.5. The zero-order chi connectivity index (χ0) is 9.68. The molecule has 13 heavy (non-hydrogen) atoms. The summed E-state index contributed by atoms with van der Waals surface area (Å²) in [6.07, 6.45) is 0.127. The normalized spacial score (nSPS) is 12.5. The van der Waals surface area contributed by atoms with Gasteiger partial charge >= 0.3 is 0 Å². The number of hydrogen-bond acceptors (Lipinski definition) is 3. The Morgan fingerprint density at radius 1 is 1.38 bits per heavy atom. The average molecular weight is 181 g/mol. The van der Waals surface area contributed by atoms with E-state index in [9.17, 15) is 5.11 Å². The van der Waals surface area contributed by atoms with E-state index in [1.165, 1.54) is 0 Å². The van der Waals surface area contributed by atoms with Crippen LogP contribution in [0.1, 0.15) is 18.1 Å². The molecule has 0 aromatic heterocycles. The molecule has 0 aliphatic rings. The van der Waals surface area contributed by atoms with Crippen LogP contribution in [0.2, 0.25) is 0 Å². The van der Waals surface area contributed by atoms with Crippen molar-refractivity contribution in [1.29, 1.82) is 0 Å². The van der Waals surface area contributed by atoms with Crippen molar-refractivity contribution in [2.45, 2.75) is 12.5 Å².